The van der Waals surface area contributed by atoms with Gasteiger partial charge in [-0.1, -0.05) is 13.8 Å². The van der Waals surface area contributed by atoms with Crippen molar-refractivity contribution < 1.29 is 18.3 Å². The van der Waals surface area contributed by atoms with Crippen molar-refractivity contribution in [3.63, 3.8) is 0 Å². The molecular weight excluding hydrogens is 312 g/mol. The van der Waals surface area contributed by atoms with Gasteiger partial charge in [-0.05, 0) is 31.6 Å². The molecule has 0 aromatic carbocycles. The minimum atomic E-state index is -3.71. The quantitative estimate of drug-likeness (QED) is 0.728. The number of carbonyl (C=O) groups is 1. The van der Waals surface area contributed by atoms with Gasteiger partial charge < -0.3 is 5.11 Å². The van der Waals surface area contributed by atoms with E-state index >= 15 is 0 Å². The van der Waals surface area contributed by atoms with E-state index in [1.807, 2.05) is 13.8 Å². The molecular formula is C13H24N2O4S2. The summed E-state index contributed by atoms with van der Waals surface area (Å²) in [5.74, 6) is -0.372. The highest BCUT2D eigenvalue weighted by Gasteiger charge is 2.52. The zero-order valence-corrected chi connectivity index (χ0v) is 14.2. The summed E-state index contributed by atoms with van der Waals surface area (Å²) in [6.45, 7) is 4.76. The summed E-state index contributed by atoms with van der Waals surface area (Å²) in [5.41, 5.74) is 0. The van der Waals surface area contributed by atoms with E-state index in [2.05, 4.69) is 0 Å². The molecule has 122 valence electrons. The molecule has 1 N–H and O–H groups in total. The maximum absolute atomic E-state index is 12.9. The van der Waals surface area contributed by atoms with Gasteiger partial charge in [0.1, 0.15) is 6.04 Å². The highest BCUT2D eigenvalue weighted by Crippen LogP contribution is 2.47. The number of rotatable bonds is 8. The molecule has 1 aliphatic heterocycles. The van der Waals surface area contributed by atoms with E-state index in [-0.39, 0.29) is 5.37 Å². The van der Waals surface area contributed by atoms with Gasteiger partial charge in [-0.3, -0.25) is 4.79 Å². The Bertz CT molecular complexity index is 473. The first-order valence-corrected chi connectivity index (χ1v) is 10.0. The van der Waals surface area contributed by atoms with Gasteiger partial charge in [0.15, 0.2) is 0 Å². The molecule has 1 heterocycles. The summed E-state index contributed by atoms with van der Waals surface area (Å²) in [7, 11) is -3.71. The first-order valence-electron chi connectivity index (χ1n) is 7.56. The second kappa shape index (κ2) is 6.85. The summed E-state index contributed by atoms with van der Waals surface area (Å²) in [5, 5.41) is 9.17. The fourth-order valence-electron chi connectivity index (χ4n) is 2.69. The van der Waals surface area contributed by atoms with Gasteiger partial charge in [0, 0.05) is 18.8 Å². The highest BCUT2D eigenvalue weighted by atomic mass is 32.2. The second-order valence-electron chi connectivity index (χ2n) is 5.65. The number of nitrogens with zero attached hydrogens (tertiary/aromatic N) is 2. The molecule has 2 rings (SSSR count). The Morgan fingerprint density at radius 3 is 2.29 bits per heavy atom. The van der Waals surface area contributed by atoms with Crippen LogP contribution in [0.5, 0.6) is 0 Å². The van der Waals surface area contributed by atoms with Gasteiger partial charge in [0.2, 0.25) is 0 Å². The van der Waals surface area contributed by atoms with Gasteiger partial charge in [-0.2, -0.15) is 17.0 Å². The molecule has 0 aromatic rings. The third kappa shape index (κ3) is 3.55. The van der Waals surface area contributed by atoms with E-state index < -0.39 is 22.2 Å². The lowest BCUT2D eigenvalue weighted by Gasteiger charge is -2.32. The largest absolute Gasteiger partial charge is 0.480 e. The van der Waals surface area contributed by atoms with Gasteiger partial charge in [-0.15, -0.1) is 11.8 Å². The number of hydrogen-bond acceptors (Lipinski definition) is 4. The predicted octanol–water partition coefficient (Wildman–Crippen LogP) is 1.59. The SMILES string of the molecule is CCCN(CCC)S(=O)(=O)N1C(C(=O)O)CSC1C1CC1. The fourth-order valence-corrected chi connectivity index (χ4v) is 6.82. The fraction of sp³-hybridized carbons (Fsp3) is 0.923. The minimum Gasteiger partial charge on any atom is -0.480 e. The average molecular weight is 336 g/mol. The third-order valence-electron chi connectivity index (χ3n) is 3.83. The number of aliphatic carboxylic acids is 1. The topological polar surface area (TPSA) is 77.9 Å². The number of carboxylic acid groups (broad SMARTS) is 1. The van der Waals surface area contributed by atoms with Crippen LogP contribution < -0.4 is 0 Å². The zero-order valence-electron chi connectivity index (χ0n) is 12.6. The smallest absolute Gasteiger partial charge is 0.322 e. The van der Waals surface area contributed by atoms with Gasteiger partial charge in [0.05, 0.1) is 5.37 Å². The van der Waals surface area contributed by atoms with Gasteiger partial charge in [-0.25, -0.2) is 0 Å². The zero-order chi connectivity index (χ0) is 15.6. The van der Waals surface area contributed by atoms with Crippen molar-refractivity contribution >= 4 is 27.9 Å². The first kappa shape index (κ1) is 17.1. The van der Waals surface area contributed by atoms with Crippen LogP contribution in [0.2, 0.25) is 0 Å². The van der Waals surface area contributed by atoms with Gasteiger partial charge >= 0.3 is 5.97 Å². The van der Waals surface area contributed by atoms with Crippen LogP contribution in [0.15, 0.2) is 0 Å². The molecule has 1 aliphatic carbocycles. The van der Waals surface area contributed by atoms with Crippen molar-refractivity contribution in [2.24, 2.45) is 5.92 Å². The van der Waals surface area contributed by atoms with Crippen LogP contribution in [0, 0.1) is 5.92 Å². The Hall–Kier alpha value is -0.310. The number of hydrogen-bond donors (Lipinski definition) is 1. The molecule has 0 spiro atoms. The monoisotopic (exact) mass is 336 g/mol. The molecule has 6 nitrogen and oxygen atoms in total. The van der Waals surface area contributed by atoms with Crippen molar-refractivity contribution in [2.45, 2.75) is 50.9 Å². The lowest BCUT2D eigenvalue weighted by atomic mass is 10.3. The maximum Gasteiger partial charge on any atom is 0.322 e. The van der Waals surface area contributed by atoms with Crippen LogP contribution in [0.1, 0.15) is 39.5 Å². The molecule has 1 saturated carbocycles. The van der Waals surface area contributed by atoms with Crippen molar-refractivity contribution in [3.05, 3.63) is 0 Å². The third-order valence-corrected chi connectivity index (χ3v) is 7.46. The summed E-state index contributed by atoms with van der Waals surface area (Å²) in [6.07, 6.45) is 3.45. The molecule has 0 amide bonds. The molecule has 0 bridgehead atoms. The molecule has 21 heavy (non-hydrogen) atoms. The lowest BCUT2D eigenvalue weighted by Crippen LogP contribution is -2.52. The second-order valence-corrected chi connectivity index (χ2v) is 8.64. The van der Waals surface area contributed by atoms with Crippen molar-refractivity contribution in [1.82, 2.24) is 8.61 Å². The van der Waals surface area contributed by atoms with Crippen LogP contribution in [0.25, 0.3) is 0 Å². The summed E-state index contributed by atoms with van der Waals surface area (Å²) >= 11 is 1.48. The Morgan fingerprint density at radius 2 is 1.86 bits per heavy atom. The van der Waals surface area contributed by atoms with Crippen LogP contribution in [-0.4, -0.2) is 58.4 Å². The predicted molar refractivity (Wildman–Crippen MR) is 83.3 cm³/mol. The summed E-state index contributed by atoms with van der Waals surface area (Å²) in [6, 6.07) is -0.929. The van der Waals surface area contributed by atoms with E-state index in [0.29, 0.717) is 24.8 Å². The van der Waals surface area contributed by atoms with Crippen LogP contribution >= 0.6 is 11.8 Å². The highest BCUT2D eigenvalue weighted by molar-refractivity contribution is 8.01. The van der Waals surface area contributed by atoms with Crippen LogP contribution in [-0.2, 0) is 15.0 Å². The Kier molecular flexibility index (Phi) is 5.56. The lowest BCUT2D eigenvalue weighted by molar-refractivity contribution is -0.140. The van der Waals surface area contributed by atoms with E-state index in [4.69, 9.17) is 0 Å². The van der Waals surface area contributed by atoms with Crippen molar-refractivity contribution in [3.8, 4) is 0 Å². The summed E-state index contributed by atoms with van der Waals surface area (Å²) < 4.78 is 28.6. The van der Waals surface area contributed by atoms with E-state index in [1.165, 1.54) is 20.4 Å². The molecule has 0 aromatic heterocycles. The minimum absolute atomic E-state index is 0.202. The Morgan fingerprint density at radius 1 is 1.29 bits per heavy atom. The van der Waals surface area contributed by atoms with Crippen molar-refractivity contribution in [1.29, 1.82) is 0 Å². The van der Waals surface area contributed by atoms with E-state index in [0.717, 1.165) is 25.7 Å². The maximum atomic E-state index is 12.9. The molecule has 1 saturated heterocycles. The first-order chi connectivity index (χ1) is 9.93. The molecule has 2 fully saturated rings. The molecule has 2 unspecified atom stereocenters. The van der Waals surface area contributed by atoms with Crippen LogP contribution in [0.4, 0.5) is 0 Å². The number of carboxylic acids is 1. The molecule has 2 atom stereocenters. The Labute approximate surface area is 131 Å². The standard InChI is InChI=1S/C13H24N2O4S2/c1-3-7-14(8-4-2)21(18,19)15-11(13(16)17)9-20-12(15)10-5-6-10/h10-12H,3-9H2,1-2H3,(H,16,17). The molecule has 8 heteroatoms. The molecule has 2 aliphatic rings. The van der Waals surface area contributed by atoms with Gasteiger partial charge in [0.25, 0.3) is 10.2 Å². The summed E-state index contributed by atoms with van der Waals surface area (Å²) in [4.78, 5) is 11.4. The average Bonchev–Trinajstić information content (AvgIpc) is 3.16. The molecule has 0 radical (unpaired) electrons. The van der Waals surface area contributed by atoms with E-state index in [1.54, 1.807) is 0 Å². The van der Waals surface area contributed by atoms with Crippen LogP contribution in [0.3, 0.4) is 0 Å². The Balaban J connectivity index is 2.29. The van der Waals surface area contributed by atoms with E-state index in [9.17, 15) is 18.3 Å². The van der Waals surface area contributed by atoms with Crippen molar-refractivity contribution in [2.75, 3.05) is 18.8 Å². The number of thioether (sulfide) groups is 1. The normalized spacial score (nSPS) is 27.4.